The van der Waals surface area contributed by atoms with Crippen LogP contribution in [0.25, 0.3) is 10.9 Å². The van der Waals surface area contributed by atoms with E-state index >= 15 is 0 Å². The molecule has 0 radical (unpaired) electrons. The van der Waals surface area contributed by atoms with Crippen LogP contribution < -0.4 is 20.3 Å². The lowest BCUT2D eigenvalue weighted by Crippen LogP contribution is -2.30. The van der Waals surface area contributed by atoms with Crippen molar-refractivity contribution in [3.8, 4) is 11.5 Å². The van der Waals surface area contributed by atoms with Gasteiger partial charge in [0, 0.05) is 25.6 Å². The first-order valence-corrected chi connectivity index (χ1v) is 8.60. The van der Waals surface area contributed by atoms with E-state index in [1.165, 1.54) is 4.57 Å². The van der Waals surface area contributed by atoms with E-state index < -0.39 is 5.79 Å². The molecule has 0 unspecified atom stereocenters. The van der Waals surface area contributed by atoms with Crippen LogP contribution in [0.5, 0.6) is 11.5 Å². The molecule has 2 aromatic carbocycles. The Morgan fingerprint density at radius 2 is 1.89 bits per heavy atom. The quantitative estimate of drug-likeness (QED) is 0.772. The molecular weight excluding hydrogens is 346 g/mol. The number of nitrogens with one attached hydrogen (secondary N) is 1. The highest BCUT2D eigenvalue weighted by atomic mass is 16.7. The van der Waals surface area contributed by atoms with Crippen molar-refractivity contribution in [2.45, 2.75) is 33.1 Å². The SMILES string of the molecule is Cc1nc2ccccc2c(=O)n1CC(=O)Nc1ccc2c(c1)OC(C)(C)O2. The maximum Gasteiger partial charge on any atom is 0.261 e. The summed E-state index contributed by atoms with van der Waals surface area (Å²) in [5, 5.41) is 3.28. The van der Waals surface area contributed by atoms with Gasteiger partial charge in [0.2, 0.25) is 11.7 Å². The third-order valence-electron chi connectivity index (χ3n) is 4.29. The Morgan fingerprint density at radius 3 is 2.70 bits per heavy atom. The Kier molecular flexibility index (Phi) is 3.87. The maximum absolute atomic E-state index is 12.7. The Balaban J connectivity index is 1.56. The van der Waals surface area contributed by atoms with Gasteiger partial charge in [0.25, 0.3) is 5.56 Å². The number of rotatable bonds is 3. The Labute approximate surface area is 155 Å². The number of hydrogen-bond donors (Lipinski definition) is 1. The minimum Gasteiger partial charge on any atom is -0.449 e. The molecule has 0 atom stereocenters. The Hall–Kier alpha value is -3.35. The van der Waals surface area contributed by atoms with E-state index in [1.54, 1.807) is 43.3 Å². The molecule has 7 nitrogen and oxygen atoms in total. The number of aromatic nitrogens is 2. The van der Waals surface area contributed by atoms with Crippen LogP contribution in [0.4, 0.5) is 5.69 Å². The number of fused-ring (bicyclic) bond motifs is 2. The van der Waals surface area contributed by atoms with E-state index in [1.807, 2.05) is 19.9 Å². The molecule has 4 rings (SSSR count). The number of para-hydroxylation sites is 1. The molecule has 2 heterocycles. The number of carbonyl (C=O) groups excluding carboxylic acids is 1. The number of benzene rings is 2. The van der Waals surface area contributed by atoms with E-state index in [4.69, 9.17) is 9.47 Å². The Morgan fingerprint density at radius 1 is 1.15 bits per heavy atom. The number of nitrogens with zero attached hydrogens (tertiary/aromatic N) is 2. The fourth-order valence-corrected chi connectivity index (χ4v) is 3.11. The van der Waals surface area contributed by atoms with E-state index in [-0.39, 0.29) is 18.0 Å². The number of anilines is 1. The first-order chi connectivity index (χ1) is 12.8. The van der Waals surface area contributed by atoms with Crippen molar-refractivity contribution in [2.75, 3.05) is 5.32 Å². The lowest BCUT2D eigenvalue weighted by atomic mass is 10.2. The standard InChI is InChI=1S/C20H19N3O4/c1-12-21-15-7-5-4-6-14(15)19(25)23(12)11-18(24)22-13-8-9-16-17(10-13)27-20(2,3)26-16/h4-10H,11H2,1-3H3,(H,22,24). The number of ether oxygens (including phenoxy) is 2. The van der Waals surface area contributed by atoms with Gasteiger partial charge in [0.05, 0.1) is 10.9 Å². The van der Waals surface area contributed by atoms with Crippen LogP contribution in [0, 0.1) is 6.92 Å². The summed E-state index contributed by atoms with van der Waals surface area (Å²) in [6, 6.07) is 12.3. The summed E-state index contributed by atoms with van der Waals surface area (Å²) in [6.45, 7) is 5.21. The maximum atomic E-state index is 12.7. The summed E-state index contributed by atoms with van der Waals surface area (Å²) in [6.07, 6.45) is 0. The number of aryl methyl sites for hydroxylation is 1. The van der Waals surface area contributed by atoms with E-state index in [0.717, 1.165) is 0 Å². The predicted molar refractivity (Wildman–Crippen MR) is 101 cm³/mol. The number of amides is 1. The summed E-state index contributed by atoms with van der Waals surface area (Å²) in [5.41, 5.74) is 0.954. The molecule has 7 heteroatoms. The zero-order valence-electron chi connectivity index (χ0n) is 15.3. The summed E-state index contributed by atoms with van der Waals surface area (Å²) < 4.78 is 12.7. The minimum atomic E-state index is -0.730. The number of carbonyl (C=O) groups is 1. The van der Waals surface area contributed by atoms with Crippen molar-refractivity contribution in [3.63, 3.8) is 0 Å². The molecule has 138 valence electrons. The molecule has 0 spiro atoms. The van der Waals surface area contributed by atoms with E-state index in [0.29, 0.717) is 33.9 Å². The molecule has 0 aliphatic carbocycles. The monoisotopic (exact) mass is 365 g/mol. The van der Waals surface area contributed by atoms with E-state index in [9.17, 15) is 9.59 Å². The molecule has 0 bridgehead atoms. The average molecular weight is 365 g/mol. The van der Waals surface area contributed by atoms with Crippen LogP contribution in [0.2, 0.25) is 0 Å². The Bertz CT molecular complexity index is 1120. The third kappa shape index (κ3) is 3.23. The second-order valence-electron chi connectivity index (χ2n) is 6.88. The molecule has 3 aromatic rings. The summed E-state index contributed by atoms with van der Waals surface area (Å²) in [4.78, 5) is 29.6. The zero-order chi connectivity index (χ0) is 19.2. The van der Waals surface area contributed by atoms with Crippen molar-refractivity contribution in [3.05, 3.63) is 58.6 Å². The molecule has 1 amide bonds. The molecular formula is C20H19N3O4. The van der Waals surface area contributed by atoms with E-state index in [2.05, 4.69) is 10.3 Å². The highest BCUT2D eigenvalue weighted by molar-refractivity contribution is 5.91. The summed E-state index contributed by atoms with van der Waals surface area (Å²) in [7, 11) is 0. The lowest BCUT2D eigenvalue weighted by Gasteiger charge is -2.16. The van der Waals surface area contributed by atoms with Crippen LogP contribution in [-0.4, -0.2) is 21.2 Å². The normalized spacial score (nSPS) is 14.3. The zero-order valence-corrected chi connectivity index (χ0v) is 15.3. The molecule has 1 N–H and O–H groups in total. The van der Waals surface area contributed by atoms with Gasteiger partial charge in [-0.15, -0.1) is 0 Å². The van der Waals surface area contributed by atoms with Gasteiger partial charge in [-0.05, 0) is 31.2 Å². The van der Waals surface area contributed by atoms with Gasteiger partial charge in [0.1, 0.15) is 12.4 Å². The smallest absolute Gasteiger partial charge is 0.261 e. The van der Waals surface area contributed by atoms with Crippen molar-refractivity contribution < 1.29 is 14.3 Å². The second kappa shape index (κ2) is 6.12. The molecule has 1 aromatic heterocycles. The molecule has 0 saturated heterocycles. The van der Waals surface area contributed by atoms with Gasteiger partial charge in [0.15, 0.2) is 11.5 Å². The fraction of sp³-hybridized carbons (Fsp3) is 0.250. The summed E-state index contributed by atoms with van der Waals surface area (Å²) in [5.74, 6) is 0.630. The fourth-order valence-electron chi connectivity index (χ4n) is 3.11. The molecule has 1 aliphatic heterocycles. The largest absolute Gasteiger partial charge is 0.449 e. The highest BCUT2D eigenvalue weighted by Gasteiger charge is 2.31. The van der Waals surface area contributed by atoms with Crippen LogP contribution in [-0.2, 0) is 11.3 Å². The van der Waals surface area contributed by atoms with Gasteiger partial charge in [-0.25, -0.2) is 4.98 Å². The second-order valence-corrected chi connectivity index (χ2v) is 6.88. The molecule has 0 fully saturated rings. The van der Waals surface area contributed by atoms with Gasteiger partial charge in [-0.3, -0.25) is 14.2 Å². The van der Waals surface area contributed by atoms with Crippen molar-refractivity contribution in [2.24, 2.45) is 0 Å². The van der Waals surface area contributed by atoms with Crippen LogP contribution >= 0.6 is 0 Å². The van der Waals surface area contributed by atoms with Crippen LogP contribution in [0.3, 0.4) is 0 Å². The van der Waals surface area contributed by atoms with Crippen LogP contribution in [0.1, 0.15) is 19.7 Å². The van der Waals surface area contributed by atoms with Gasteiger partial charge < -0.3 is 14.8 Å². The topological polar surface area (TPSA) is 82.5 Å². The summed E-state index contributed by atoms with van der Waals surface area (Å²) >= 11 is 0. The van der Waals surface area contributed by atoms with Crippen molar-refractivity contribution >= 4 is 22.5 Å². The van der Waals surface area contributed by atoms with Crippen molar-refractivity contribution in [1.82, 2.24) is 9.55 Å². The highest BCUT2D eigenvalue weighted by Crippen LogP contribution is 2.40. The van der Waals surface area contributed by atoms with Crippen LogP contribution in [0.15, 0.2) is 47.3 Å². The molecule has 1 aliphatic rings. The van der Waals surface area contributed by atoms with Gasteiger partial charge in [-0.2, -0.15) is 0 Å². The molecule has 0 saturated carbocycles. The average Bonchev–Trinajstić information content (AvgIpc) is 2.91. The van der Waals surface area contributed by atoms with Gasteiger partial charge >= 0.3 is 0 Å². The molecule has 27 heavy (non-hydrogen) atoms. The third-order valence-corrected chi connectivity index (χ3v) is 4.29. The van der Waals surface area contributed by atoms with Crippen molar-refractivity contribution in [1.29, 1.82) is 0 Å². The number of hydrogen-bond acceptors (Lipinski definition) is 5. The first kappa shape index (κ1) is 17.1. The predicted octanol–water partition coefficient (Wildman–Crippen LogP) is 2.85. The lowest BCUT2D eigenvalue weighted by molar-refractivity contribution is -0.116. The first-order valence-electron chi connectivity index (χ1n) is 8.60. The minimum absolute atomic E-state index is 0.123. The van der Waals surface area contributed by atoms with Gasteiger partial charge in [-0.1, -0.05) is 12.1 Å².